The molecule has 0 aliphatic rings. The van der Waals surface area contributed by atoms with E-state index in [1.807, 2.05) is 0 Å². The van der Waals surface area contributed by atoms with Crippen molar-refractivity contribution in [1.29, 1.82) is 0 Å². The summed E-state index contributed by atoms with van der Waals surface area (Å²) in [6.07, 6.45) is 0.288. The molecule has 100 valence electrons. The molecule has 1 aromatic rings. The highest BCUT2D eigenvalue weighted by Crippen LogP contribution is 2.21. The predicted molar refractivity (Wildman–Crippen MR) is 63.3 cm³/mol. The van der Waals surface area contributed by atoms with E-state index in [4.69, 9.17) is 0 Å². The molecule has 0 atom stereocenters. The third-order valence-electron chi connectivity index (χ3n) is 2.40. The van der Waals surface area contributed by atoms with Gasteiger partial charge in [0.15, 0.2) is 11.6 Å². The molecule has 0 saturated carbocycles. The van der Waals surface area contributed by atoms with Crippen LogP contribution in [-0.4, -0.2) is 26.6 Å². The largest absolute Gasteiger partial charge is 0.494 e. The van der Waals surface area contributed by atoms with Gasteiger partial charge in [-0.25, -0.2) is 8.78 Å². The molecular formula is C12H16F2N2O2. The summed E-state index contributed by atoms with van der Waals surface area (Å²) >= 11 is 0. The number of hydrogen-bond acceptors (Lipinski definition) is 3. The van der Waals surface area contributed by atoms with Gasteiger partial charge < -0.3 is 15.4 Å². The van der Waals surface area contributed by atoms with Gasteiger partial charge in [-0.1, -0.05) is 0 Å². The van der Waals surface area contributed by atoms with Crippen LogP contribution in [0, 0.1) is 11.6 Å². The summed E-state index contributed by atoms with van der Waals surface area (Å²) in [5.41, 5.74) is 0.0890. The predicted octanol–water partition coefficient (Wildman–Crippen LogP) is 1.20. The highest BCUT2D eigenvalue weighted by molar-refractivity contribution is 5.76. The Hall–Kier alpha value is -1.69. The molecular weight excluding hydrogens is 242 g/mol. The topological polar surface area (TPSA) is 50.4 Å². The van der Waals surface area contributed by atoms with Crippen LogP contribution in [0.4, 0.5) is 8.78 Å². The molecule has 0 aliphatic heterocycles. The van der Waals surface area contributed by atoms with Crippen molar-refractivity contribution in [3.05, 3.63) is 29.3 Å². The molecule has 1 amide bonds. The first-order valence-corrected chi connectivity index (χ1v) is 5.51. The maximum absolute atomic E-state index is 13.5. The van der Waals surface area contributed by atoms with Gasteiger partial charge >= 0.3 is 0 Å². The Morgan fingerprint density at radius 3 is 2.67 bits per heavy atom. The van der Waals surface area contributed by atoms with Crippen molar-refractivity contribution in [2.45, 2.75) is 13.0 Å². The van der Waals surface area contributed by atoms with Gasteiger partial charge in [0.05, 0.1) is 7.11 Å². The van der Waals surface area contributed by atoms with E-state index in [1.165, 1.54) is 7.11 Å². The molecule has 18 heavy (non-hydrogen) atoms. The molecule has 0 fully saturated rings. The fourth-order valence-corrected chi connectivity index (χ4v) is 1.38. The molecule has 0 unspecified atom stereocenters. The lowest BCUT2D eigenvalue weighted by Crippen LogP contribution is -2.26. The quantitative estimate of drug-likeness (QED) is 0.806. The molecule has 4 nitrogen and oxygen atoms in total. The van der Waals surface area contributed by atoms with Crippen molar-refractivity contribution in [3.63, 3.8) is 0 Å². The number of carbonyl (C=O) groups is 1. The summed E-state index contributed by atoms with van der Waals surface area (Å²) in [6.45, 7) is 0.487. The third kappa shape index (κ3) is 3.96. The number of halogens is 2. The second-order valence-electron chi connectivity index (χ2n) is 3.71. The molecule has 0 heterocycles. The van der Waals surface area contributed by atoms with Gasteiger partial charge in [0.2, 0.25) is 5.91 Å². The number of nitrogens with one attached hydrogen (secondary N) is 2. The number of benzene rings is 1. The second-order valence-corrected chi connectivity index (χ2v) is 3.71. The molecule has 0 aromatic heterocycles. The van der Waals surface area contributed by atoms with Crippen LogP contribution in [0.2, 0.25) is 0 Å². The van der Waals surface area contributed by atoms with E-state index in [1.54, 1.807) is 7.05 Å². The Balaban J connectivity index is 2.62. The second kappa shape index (κ2) is 6.90. The average molecular weight is 258 g/mol. The maximum Gasteiger partial charge on any atom is 0.221 e. The minimum absolute atomic E-state index is 0.0463. The van der Waals surface area contributed by atoms with Gasteiger partial charge in [-0.05, 0) is 13.1 Å². The van der Waals surface area contributed by atoms with E-state index in [-0.39, 0.29) is 30.2 Å². The fraction of sp³-hybridized carbons (Fsp3) is 0.417. The standard InChI is InChI=1S/C12H16F2N2O2/c1-15-4-3-12(17)16-7-8-5-10(14)11(18-2)6-9(8)13/h5-6,15H,3-4,7H2,1-2H3,(H,16,17). The Bertz CT molecular complexity index is 425. The lowest BCUT2D eigenvalue weighted by Gasteiger charge is -2.08. The van der Waals surface area contributed by atoms with E-state index in [0.717, 1.165) is 12.1 Å². The van der Waals surface area contributed by atoms with Crippen LogP contribution in [0.15, 0.2) is 12.1 Å². The van der Waals surface area contributed by atoms with E-state index in [9.17, 15) is 13.6 Å². The Kier molecular flexibility index (Phi) is 5.51. The fourth-order valence-electron chi connectivity index (χ4n) is 1.38. The minimum atomic E-state index is -0.654. The van der Waals surface area contributed by atoms with Crippen LogP contribution in [0.1, 0.15) is 12.0 Å². The number of amides is 1. The number of hydrogen-bond donors (Lipinski definition) is 2. The van der Waals surface area contributed by atoms with Crippen molar-refractivity contribution < 1.29 is 18.3 Å². The Morgan fingerprint density at radius 2 is 2.06 bits per heavy atom. The van der Waals surface area contributed by atoms with Crippen molar-refractivity contribution in [1.82, 2.24) is 10.6 Å². The van der Waals surface area contributed by atoms with E-state index < -0.39 is 11.6 Å². The van der Waals surface area contributed by atoms with Gasteiger partial charge in [-0.2, -0.15) is 0 Å². The van der Waals surface area contributed by atoms with E-state index >= 15 is 0 Å². The minimum Gasteiger partial charge on any atom is -0.494 e. The summed E-state index contributed by atoms with van der Waals surface area (Å²) in [7, 11) is 2.99. The van der Waals surface area contributed by atoms with Crippen LogP contribution >= 0.6 is 0 Å². The third-order valence-corrected chi connectivity index (χ3v) is 2.40. The lowest BCUT2D eigenvalue weighted by atomic mass is 10.2. The zero-order valence-corrected chi connectivity index (χ0v) is 10.3. The molecule has 6 heteroatoms. The Morgan fingerprint density at radius 1 is 1.33 bits per heavy atom. The highest BCUT2D eigenvalue weighted by Gasteiger charge is 2.11. The van der Waals surface area contributed by atoms with E-state index in [2.05, 4.69) is 15.4 Å². The molecule has 0 saturated heterocycles. The zero-order chi connectivity index (χ0) is 13.5. The van der Waals surface area contributed by atoms with Crippen LogP contribution in [0.25, 0.3) is 0 Å². The Labute approximate surface area is 104 Å². The average Bonchev–Trinajstić information content (AvgIpc) is 2.36. The number of ether oxygens (including phenoxy) is 1. The summed E-state index contributed by atoms with van der Waals surface area (Å²) in [6, 6.07) is 1.98. The molecule has 0 bridgehead atoms. The van der Waals surface area contributed by atoms with Gasteiger partial charge in [-0.15, -0.1) is 0 Å². The molecule has 2 N–H and O–H groups in total. The van der Waals surface area contributed by atoms with Crippen molar-refractivity contribution in [2.75, 3.05) is 20.7 Å². The maximum atomic E-state index is 13.5. The SMILES string of the molecule is CNCCC(=O)NCc1cc(F)c(OC)cc1F. The van der Waals surface area contributed by atoms with Gasteiger partial charge in [0, 0.05) is 31.1 Å². The summed E-state index contributed by atoms with van der Waals surface area (Å²) in [5.74, 6) is -1.64. The van der Waals surface area contributed by atoms with Crippen LogP contribution in [0.3, 0.4) is 0 Å². The summed E-state index contributed by atoms with van der Waals surface area (Å²) in [4.78, 5) is 11.3. The van der Waals surface area contributed by atoms with Crippen LogP contribution < -0.4 is 15.4 Å². The first kappa shape index (κ1) is 14.4. The smallest absolute Gasteiger partial charge is 0.221 e. The summed E-state index contributed by atoms with van der Waals surface area (Å²) in [5, 5.41) is 5.33. The van der Waals surface area contributed by atoms with Crippen molar-refractivity contribution >= 4 is 5.91 Å². The van der Waals surface area contributed by atoms with Crippen LogP contribution in [-0.2, 0) is 11.3 Å². The molecule has 0 spiro atoms. The first-order valence-electron chi connectivity index (χ1n) is 5.51. The molecule has 1 rings (SSSR count). The zero-order valence-electron chi connectivity index (χ0n) is 10.3. The highest BCUT2D eigenvalue weighted by atomic mass is 19.1. The van der Waals surface area contributed by atoms with Crippen LogP contribution in [0.5, 0.6) is 5.75 Å². The molecule has 0 aliphatic carbocycles. The monoisotopic (exact) mass is 258 g/mol. The first-order chi connectivity index (χ1) is 8.58. The number of rotatable bonds is 6. The molecule has 0 radical (unpaired) electrons. The van der Waals surface area contributed by atoms with E-state index in [0.29, 0.717) is 6.54 Å². The van der Waals surface area contributed by atoms with Gasteiger partial charge in [0.1, 0.15) is 5.82 Å². The normalized spacial score (nSPS) is 10.2. The number of methoxy groups -OCH3 is 1. The lowest BCUT2D eigenvalue weighted by molar-refractivity contribution is -0.121. The van der Waals surface area contributed by atoms with Crippen molar-refractivity contribution in [2.24, 2.45) is 0 Å². The van der Waals surface area contributed by atoms with Gasteiger partial charge in [0.25, 0.3) is 0 Å². The summed E-state index contributed by atoms with van der Waals surface area (Å²) < 4.78 is 31.5. The van der Waals surface area contributed by atoms with Crippen molar-refractivity contribution in [3.8, 4) is 5.75 Å². The molecule has 1 aromatic carbocycles. The van der Waals surface area contributed by atoms with Gasteiger partial charge in [-0.3, -0.25) is 4.79 Å². The number of carbonyl (C=O) groups excluding carboxylic acids is 1.